The topological polar surface area (TPSA) is 79.6 Å². The van der Waals surface area contributed by atoms with Crippen molar-refractivity contribution in [2.75, 3.05) is 18.0 Å². The largest absolute Gasteiger partial charge is 0.351 e. The number of aryl methyl sites for hydroxylation is 1. The van der Waals surface area contributed by atoms with Gasteiger partial charge in [-0.2, -0.15) is 4.52 Å². The summed E-state index contributed by atoms with van der Waals surface area (Å²) in [7, 11) is 0. The number of aromatic nitrogens is 3. The van der Waals surface area contributed by atoms with E-state index in [-0.39, 0.29) is 17.4 Å². The quantitative estimate of drug-likeness (QED) is 0.739. The first-order chi connectivity index (χ1) is 12.6. The van der Waals surface area contributed by atoms with Crippen molar-refractivity contribution < 1.29 is 4.79 Å². The third-order valence-electron chi connectivity index (χ3n) is 4.44. The molecule has 1 aliphatic rings. The minimum atomic E-state index is -0.169. The summed E-state index contributed by atoms with van der Waals surface area (Å²) in [5, 5.41) is 10.2. The van der Waals surface area contributed by atoms with E-state index < -0.39 is 0 Å². The van der Waals surface area contributed by atoms with Gasteiger partial charge in [0.25, 0.3) is 5.56 Å². The molecule has 0 bridgehead atoms. The zero-order valence-corrected chi connectivity index (χ0v) is 16.0. The van der Waals surface area contributed by atoms with Gasteiger partial charge in [0.15, 0.2) is 0 Å². The van der Waals surface area contributed by atoms with Crippen LogP contribution in [0.25, 0.3) is 4.96 Å². The summed E-state index contributed by atoms with van der Waals surface area (Å²) < 4.78 is 1.34. The van der Waals surface area contributed by atoms with E-state index in [2.05, 4.69) is 20.3 Å². The predicted octanol–water partition coefficient (Wildman–Crippen LogP) is 2.05. The van der Waals surface area contributed by atoms with Crippen molar-refractivity contribution in [1.29, 1.82) is 0 Å². The Morgan fingerprint density at radius 2 is 2.35 bits per heavy atom. The van der Waals surface area contributed by atoms with Crippen molar-refractivity contribution in [3.63, 3.8) is 0 Å². The molecule has 4 heterocycles. The number of piperidine rings is 1. The first-order valence-electron chi connectivity index (χ1n) is 8.53. The van der Waals surface area contributed by atoms with Gasteiger partial charge in [-0.15, -0.1) is 16.4 Å². The third-order valence-corrected chi connectivity index (χ3v) is 6.29. The monoisotopic (exact) mass is 389 g/mol. The Bertz CT molecular complexity index is 979. The molecule has 1 unspecified atom stereocenters. The number of hydrogen-bond acceptors (Lipinski definition) is 7. The zero-order chi connectivity index (χ0) is 18.1. The molecule has 4 rings (SSSR count). The standard InChI is InChI=1S/C17H19N5O2S2/c1-11-8-14(23)22-16(19-11)26-17(20-22)21-6-2-4-12(10-21)15(24)18-9-13-5-3-7-25-13/h3,5,7-8,12H,2,4,6,9-10H2,1H3,(H,18,24). The molecular formula is C17H19N5O2S2. The number of nitrogens with one attached hydrogen (secondary N) is 1. The molecule has 7 nitrogen and oxygen atoms in total. The first-order valence-corrected chi connectivity index (χ1v) is 10.2. The molecule has 136 valence electrons. The smallest absolute Gasteiger partial charge is 0.275 e. The van der Waals surface area contributed by atoms with Crippen LogP contribution in [0.15, 0.2) is 28.4 Å². The zero-order valence-electron chi connectivity index (χ0n) is 14.3. The molecule has 0 saturated carbocycles. The van der Waals surface area contributed by atoms with Crippen LogP contribution in [0, 0.1) is 12.8 Å². The van der Waals surface area contributed by atoms with E-state index in [4.69, 9.17) is 0 Å². The van der Waals surface area contributed by atoms with E-state index in [9.17, 15) is 9.59 Å². The van der Waals surface area contributed by atoms with Crippen molar-refractivity contribution in [2.24, 2.45) is 5.92 Å². The second kappa shape index (κ2) is 7.16. The van der Waals surface area contributed by atoms with Gasteiger partial charge in [0.05, 0.1) is 12.5 Å². The fourth-order valence-electron chi connectivity index (χ4n) is 3.13. The summed E-state index contributed by atoms with van der Waals surface area (Å²) in [6.07, 6.45) is 1.79. The Morgan fingerprint density at radius 3 is 3.15 bits per heavy atom. The number of carbonyl (C=O) groups excluding carboxylic acids is 1. The number of thiophene rings is 1. The summed E-state index contributed by atoms with van der Waals surface area (Å²) in [4.78, 5) is 32.8. The average molecular weight is 390 g/mol. The summed E-state index contributed by atoms with van der Waals surface area (Å²) in [6.45, 7) is 3.83. The maximum Gasteiger partial charge on any atom is 0.275 e. The lowest BCUT2D eigenvalue weighted by molar-refractivity contribution is -0.125. The van der Waals surface area contributed by atoms with Gasteiger partial charge in [0.1, 0.15) is 0 Å². The molecule has 1 amide bonds. The number of nitrogens with zero attached hydrogens (tertiary/aromatic N) is 4. The van der Waals surface area contributed by atoms with Gasteiger partial charge >= 0.3 is 0 Å². The summed E-state index contributed by atoms with van der Waals surface area (Å²) >= 11 is 3.03. The summed E-state index contributed by atoms with van der Waals surface area (Å²) in [5.74, 6) is 0.0116. The molecule has 1 N–H and O–H groups in total. The van der Waals surface area contributed by atoms with Crippen LogP contribution in [0.1, 0.15) is 23.4 Å². The SMILES string of the molecule is Cc1cc(=O)n2nc(N3CCCC(C(=O)NCc4cccs4)C3)sc2n1. The number of anilines is 1. The molecule has 3 aromatic rings. The summed E-state index contributed by atoms with van der Waals surface area (Å²) in [6, 6.07) is 5.48. The maximum absolute atomic E-state index is 12.5. The molecule has 9 heteroatoms. The predicted molar refractivity (Wildman–Crippen MR) is 103 cm³/mol. The van der Waals surface area contributed by atoms with Gasteiger partial charge in [-0.3, -0.25) is 9.59 Å². The summed E-state index contributed by atoms with van der Waals surface area (Å²) in [5.41, 5.74) is 0.520. The van der Waals surface area contributed by atoms with E-state index >= 15 is 0 Å². The lowest BCUT2D eigenvalue weighted by Gasteiger charge is -2.31. The molecule has 0 aromatic carbocycles. The number of fused-ring (bicyclic) bond motifs is 1. The molecule has 26 heavy (non-hydrogen) atoms. The molecule has 0 spiro atoms. The Hall–Kier alpha value is -2.26. The highest BCUT2D eigenvalue weighted by Gasteiger charge is 2.27. The normalized spacial score (nSPS) is 17.6. The molecule has 0 aliphatic carbocycles. The van der Waals surface area contributed by atoms with E-state index in [0.29, 0.717) is 23.7 Å². The lowest BCUT2D eigenvalue weighted by atomic mass is 9.97. The van der Waals surface area contributed by atoms with Crippen molar-refractivity contribution in [3.8, 4) is 0 Å². The van der Waals surface area contributed by atoms with Crippen molar-refractivity contribution in [2.45, 2.75) is 26.3 Å². The number of amides is 1. The van der Waals surface area contributed by atoms with Crippen molar-refractivity contribution in [3.05, 3.63) is 44.5 Å². The van der Waals surface area contributed by atoms with Crippen LogP contribution in [0.2, 0.25) is 0 Å². The fourth-order valence-corrected chi connectivity index (χ4v) is 4.77. The van der Waals surface area contributed by atoms with Crippen LogP contribution >= 0.6 is 22.7 Å². The Labute approximate surface area is 158 Å². The minimum absolute atomic E-state index is 0.0675. The lowest BCUT2D eigenvalue weighted by Crippen LogP contribution is -2.43. The van der Waals surface area contributed by atoms with Crippen LogP contribution in [-0.4, -0.2) is 33.6 Å². The molecular weight excluding hydrogens is 370 g/mol. The highest BCUT2D eigenvalue weighted by atomic mass is 32.1. The highest BCUT2D eigenvalue weighted by molar-refractivity contribution is 7.20. The third kappa shape index (κ3) is 3.49. The van der Waals surface area contributed by atoms with Crippen LogP contribution in [0.3, 0.4) is 0 Å². The minimum Gasteiger partial charge on any atom is -0.351 e. The van der Waals surface area contributed by atoms with Crippen molar-refractivity contribution >= 4 is 38.7 Å². The number of rotatable bonds is 4. The molecule has 1 atom stereocenters. The van der Waals surface area contributed by atoms with E-state index in [1.165, 1.54) is 21.9 Å². The van der Waals surface area contributed by atoms with Gasteiger partial charge in [0.2, 0.25) is 16.0 Å². The first kappa shape index (κ1) is 17.2. The number of hydrogen-bond donors (Lipinski definition) is 1. The van der Waals surface area contributed by atoms with Gasteiger partial charge in [-0.25, -0.2) is 4.98 Å². The Morgan fingerprint density at radius 1 is 1.46 bits per heavy atom. The fraction of sp³-hybridized carbons (Fsp3) is 0.412. The highest BCUT2D eigenvalue weighted by Crippen LogP contribution is 2.27. The Balaban J connectivity index is 1.47. The van der Waals surface area contributed by atoms with E-state index in [1.807, 2.05) is 17.5 Å². The molecule has 1 fully saturated rings. The second-order valence-electron chi connectivity index (χ2n) is 6.40. The second-order valence-corrected chi connectivity index (χ2v) is 8.36. The maximum atomic E-state index is 12.5. The molecule has 0 radical (unpaired) electrons. The van der Waals surface area contributed by atoms with Crippen LogP contribution < -0.4 is 15.8 Å². The van der Waals surface area contributed by atoms with Gasteiger partial charge in [-0.05, 0) is 31.2 Å². The molecule has 3 aromatic heterocycles. The van der Waals surface area contributed by atoms with Crippen molar-refractivity contribution in [1.82, 2.24) is 19.9 Å². The van der Waals surface area contributed by atoms with E-state index in [0.717, 1.165) is 29.4 Å². The average Bonchev–Trinajstić information content (AvgIpc) is 3.29. The van der Waals surface area contributed by atoms with Gasteiger partial charge < -0.3 is 10.2 Å². The van der Waals surface area contributed by atoms with Gasteiger partial charge in [0, 0.05) is 29.7 Å². The van der Waals surface area contributed by atoms with Gasteiger partial charge in [-0.1, -0.05) is 17.4 Å². The number of carbonyl (C=O) groups is 1. The molecule has 1 saturated heterocycles. The molecule has 1 aliphatic heterocycles. The van der Waals surface area contributed by atoms with Crippen LogP contribution in [0.4, 0.5) is 5.13 Å². The van der Waals surface area contributed by atoms with Crippen LogP contribution in [-0.2, 0) is 11.3 Å². The Kier molecular flexibility index (Phi) is 4.73. The van der Waals surface area contributed by atoms with E-state index in [1.54, 1.807) is 18.3 Å². The van der Waals surface area contributed by atoms with Crippen LogP contribution in [0.5, 0.6) is 0 Å².